The number of carbonyl (C=O) groups is 2. The fraction of sp³-hybridized carbons (Fsp3) is 0.917. The van der Waals surface area contributed by atoms with Gasteiger partial charge in [-0.3, -0.25) is 0 Å². The minimum absolute atomic E-state index is 0.0935. The van der Waals surface area contributed by atoms with Crippen LogP contribution in [0.4, 0.5) is 0 Å². The maximum Gasteiger partial charge on any atom is 0.151 e. The van der Waals surface area contributed by atoms with Crippen molar-refractivity contribution in [3.8, 4) is 0 Å². The van der Waals surface area contributed by atoms with Gasteiger partial charge in [0.2, 0.25) is 0 Å². The third-order valence-electron chi connectivity index (χ3n) is 2.67. The van der Waals surface area contributed by atoms with Crippen molar-refractivity contribution < 1.29 is 50.4 Å². The Kier molecular flexibility index (Phi) is 44.2. The van der Waals surface area contributed by atoms with Gasteiger partial charge in [0.25, 0.3) is 0 Å². The highest BCUT2D eigenvalue weighted by Gasteiger charge is 2.28. The van der Waals surface area contributed by atoms with Gasteiger partial charge in [0.1, 0.15) is 36.6 Å². The van der Waals surface area contributed by atoms with Crippen LogP contribution in [0.3, 0.4) is 0 Å². The quantitative estimate of drug-likeness (QED) is 0.131. The Hall–Kier alpha value is -0.112. The molecule has 0 heterocycles. The van der Waals surface area contributed by atoms with E-state index in [4.69, 9.17) is 40.9 Å². The summed E-state index contributed by atoms with van der Waals surface area (Å²) in [6.07, 6.45) is -11.8. The van der Waals surface area contributed by atoms with E-state index in [0.717, 1.165) is 0 Å². The maximum atomic E-state index is 9.87. The molecule has 0 aromatic rings. The van der Waals surface area contributed by atoms with Crippen molar-refractivity contribution in [2.24, 2.45) is 0 Å². The van der Waals surface area contributed by atoms with Crippen molar-refractivity contribution in [3.63, 3.8) is 0 Å². The van der Waals surface area contributed by atoms with Crippen LogP contribution in [0.25, 0.3) is 0 Å². The fourth-order valence-corrected chi connectivity index (χ4v) is 1.14. The van der Waals surface area contributed by atoms with Crippen molar-refractivity contribution in [2.45, 2.75) is 141 Å². The summed E-state index contributed by atoms with van der Waals surface area (Å²) in [5.74, 6) is 0. The van der Waals surface area contributed by atoms with Gasteiger partial charge in [-0.25, -0.2) is 0 Å². The van der Waals surface area contributed by atoms with Crippen LogP contribution in [0, 0.1) is 0 Å². The van der Waals surface area contributed by atoms with Crippen molar-refractivity contribution in [1.29, 1.82) is 0 Å². The van der Waals surface area contributed by atoms with Gasteiger partial charge >= 0.3 is 0 Å². The maximum absolute atomic E-state index is 9.87. The minimum Gasteiger partial charge on any atom is -0.391 e. The van der Waals surface area contributed by atoms with Crippen LogP contribution in [0.1, 0.15) is 13.8 Å². The zero-order valence-electron chi connectivity index (χ0n) is 26.5. The molecule has 14 heteroatoms. The smallest absolute Gasteiger partial charge is 0.151 e. The molecule has 0 aliphatic carbocycles. The van der Waals surface area contributed by atoms with Crippen LogP contribution in [0.2, 0.25) is 78.6 Å². The van der Waals surface area contributed by atoms with E-state index in [9.17, 15) is 9.59 Å². The van der Waals surface area contributed by atoms with Crippen LogP contribution in [0.15, 0.2) is 0 Å². The van der Waals surface area contributed by atoms with Crippen LogP contribution >= 0.6 is 0 Å². The molecule has 10 nitrogen and oxygen atoms in total. The van der Waals surface area contributed by atoms with E-state index in [0.29, 0.717) is 0 Å². The molecule has 236 valence electrons. The summed E-state index contributed by atoms with van der Waals surface area (Å²) >= 11 is 0. The molecular formula is C24H64O10Si4. The Morgan fingerprint density at radius 1 is 0.395 bits per heavy atom. The highest BCUT2D eigenvalue weighted by Crippen LogP contribution is 2.03. The molecule has 0 fully saturated rings. The van der Waals surface area contributed by atoms with Crippen LogP contribution < -0.4 is 0 Å². The van der Waals surface area contributed by atoms with Gasteiger partial charge < -0.3 is 50.4 Å². The molecule has 0 saturated carbocycles. The predicted molar refractivity (Wildman–Crippen MR) is 170 cm³/mol. The molecule has 0 aromatic heterocycles. The first kappa shape index (κ1) is 50.7. The molecule has 0 aromatic carbocycles. The van der Waals surface area contributed by atoms with E-state index in [1.54, 1.807) is 0 Å². The summed E-state index contributed by atoms with van der Waals surface area (Å²) in [5.41, 5.74) is 0. The van der Waals surface area contributed by atoms with E-state index < -0.39 is 48.8 Å². The van der Waals surface area contributed by atoms with Crippen molar-refractivity contribution in [2.75, 3.05) is 0 Å². The number of hydrogen-bond acceptors (Lipinski definition) is 10. The summed E-state index contributed by atoms with van der Waals surface area (Å²) in [7, 11) is -0.556. The third kappa shape index (κ3) is 56.2. The van der Waals surface area contributed by atoms with Gasteiger partial charge in [-0.2, -0.15) is 0 Å². The van der Waals surface area contributed by atoms with E-state index in [1.807, 2.05) is 0 Å². The summed E-state index contributed by atoms with van der Waals surface area (Å²) < 4.78 is 0. The number of aliphatic hydroxyl groups is 8. The normalized spacial score (nSPS) is 16.5. The molecule has 0 aliphatic rings. The highest BCUT2D eigenvalue weighted by atomic mass is 28.3. The summed E-state index contributed by atoms with van der Waals surface area (Å²) in [6.45, 7) is 30.1. The van der Waals surface area contributed by atoms with Gasteiger partial charge in [0.05, 0.1) is 12.2 Å². The van der Waals surface area contributed by atoms with E-state index in [2.05, 4.69) is 78.6 Å². The molecule has 0 aliphatic heterocycles. The number of carbonyl (C=O) groups excluding carboxylic acids is 2. The van der Waals surface area contributed by atoms with Gasteiger partial charge in [0, 0.05) is 35.2 Å². The highest BCUT2D eigenvalue weighted by molar-refractivity contribution is 6.54. The summed E-state index contributed by atoms with van der Waals surface area (Å²) in [6, 6.07) is 0. The molecule has 0 unspecified atom stereocenters. The lowest BCUT2D eigenvalue weighted by atomic mass is 10.1. The zero-order valence-corrected chi connectivity index (χ0v) is 31.1. The lowest BCUT2D eigenvalue weighted by molar-refractivity contribution is -0.132. The van der Waals surface area contributed by atoms with Crippen molar-refractivity contribution in [3.05, 3.63) is 0 Å². The molecule has 0 saturated heterocycles. The van der Waals surface area contributed by atoms with E-state index in [-0.39, 0.29) is 47.8 Å². The SMILES string of the molecule is C[C@H](O)[C@@H](O)[C@@H](O)[C@H](O)C=O.C[C@H](O)[C@@H](O)[C@@H](O)[C@H](O)C=O.C[SiH](C)C.C[SiH](C)C.C[SiH](C)C.C[SiH](C)C. The average Bonchev–Trinajstić information content (AvgIpc) is 2.74. The molecule has 0 amide bonds. The van der Waals surface area contributed by atoms with Crippen LogP contribution in [0.5, 0.6) is 0 Å². The van der Waals surface area contributed by atoms with E-state index in [1.165, 1.54) is 13.8 Å². The number of hydrogen-bond donors (Lipinski definition) is 8. The zero-order chi connectivity index (χ0) is 32.3. The molecular weight excluding hydrogens is 561 g/mol. The Morgan fingerprint density at radius 2 is 0.526 bits per heavy atom. The lowest BCUT2D eigenvalue weighted by Gasteiger charge is -2.21. The Bertz CT molecular complexity index is 420. The van der Waals surface area contributed by atoms with Crippen LogP contribution in [-0.2, 0) is 9.59 Å². The van der Waals surface area contributed by atoms with Gasteiger partial charge in [-0.15, -0.1) is 0 Å². The largest absolute Gasteiger partial charge is 0.391 e. The monoisotopic (exact) mass is 624 g/mol. The Morgan fingerprint density at radius 3 is 0.605 bits per heavy atom. The number of aldehydes is 2. The second-order valence-electron chi connectivity index (χ2n) is 11.6. The first-order chi connectivity index (χ1) is 16.9. The summed E-state index contributed by atoms with van der Waals surface area (Å²) in [4.78, 5) is 19.7. The first-order valence-electron chi connectivity index (χ1n) is 13.3. The standard InChI is InChI=1S/2C6H12O5.4C3H10Si/c2*1-3(8)5(10)6(11)4(9)2-7;4*1-4(2)3/h2*2-6,8-11H,1H3;4*4H,1-3H3/t2*3-,4+,5+,6-;;;;/m00..../s1. The molecule has 0 rings (SSSR count). The molecule has 0 radical (unpaired) electrons. The average molecular weight is 625 g/mol. The summed E-state index contributed by atoms with van der Waals surface area (Å²) in [5, 5.41) is 70.2. The first-order valence-corrected chi connectivity index (χ1v) is 27.1. The topological polar surface area (TPSA) is 196 Å². The second kappa shape index (κ2) is 33.1. The van der Waals surface area contributed by atoms with E-state index >= 15 is 0 Å². The van der Waals surface area contributed by atoms with Crippen molar-refractivity contribution >= 4 is 47.8 Å². The van der Waals surface area contributed by atoms with Gasteiger partial charge in [-0.05, 0) is 13.8 Å². The second-order valence-corrected chi connectivity index (χ2v) is 25.5. The number of rotatable bonds is 8. The Labute approximate surface area is 239 Å². The molecule has 0 spiro atoms. The van der Waals surface area contributed by atoms with Crippen LogP contribution in [-0.4, -0.2) is 137 Å². The van der Waals surface area contributed by atoms with Gasteiger partial charge in [0.15, 0.2) is 12.6 Å². The third-order valence-corrected chi connectivity index (χ3v) is 2.67. The molecule has 38 heavy (non-hydrogen) atoms. The van der Waals surface area contributed by atoms with Gasteiger partial charge in [-0.1, -0.05) is 78.6 Å². The number of aliphatic hydroxyl groups excluding tert-OH is 8. The minimum atomic E-state index is -1.65. The predicted octanol–water partition coefficient (Wildman–Crippen LogP) is -0.291. The Balaban J connectivity index is -0.0000000875. The lowest BCUT2D eigenvalue weighted by Crippen LogP contribution is -2.43. The molecule has 8 N–H and O–H groups in total. The molecule has 8 atom stereocenters. The fourth-order valence-electron chi connectivity index (χ4n) is 1.14. The molecule has 0 bridgehead atoms. The van der Waals surface area contributed by atoms with Crippen molar-refractivity contribution in [1.82, 2.24) is 0 Å².